The van der Waals surface area contributed by atoms with Crippen molar-refractivity contribution in [1.82, 2.24) is 9.88 Å². The zero-order chi connectivity index (χ0) is 11.8. The van der Waals surface area contributed by atoms with Gasteiger partial charge in [-0.3, -0.25) is 0 Å². The highest BCUT2D eigenvalue weighted by atomic mass is 15.1. The van der Waals surface area contributed by atoms with Gasteiger partial charge in [0.15, 0.2) is 0 Å². The third-order valence-electron chi connectivity index (χ3n) is 2.51. The van der Waals surface area contributed by atoms with E-state index in [9.17, 15) is 0 Å². The molecule has 16 heavy (non-hydrogen) atoms. The molecule has 3 N–H and O–H groups in total. The molecular formula is C12H22N4. The van der Waals surface area contributed by atoms with Crippen molar-refractivity contribution in [2.75, 3.05) is 37.2 Å². The first-order valence-corrected chi connectivity index (χ1v) is 5.94. The smallest absolute Gasteiger partial charge is 0.126 e. The lowest BCUT2D eigenvalue weighted by Gasteiger charge is -2.19. The molecule has 0 aliphatic heterocycles. The lowest BCUT2D eigenvalue weighted by atomic mass is 10.4. The van der Waals surface area contributed by atoms with E-state index in [0.717, 1.165) is 32.0 Å². The molecule has 4 heteroatoms. The highest BCUT2D eigenvalue weighted by Crippen LogP contribution is 2.05. The number of nitrogen functional groups attached to an aromatic ring is 1. The molecule has 0 radical (unpaired) electrons. The highest BCUT2D eigenvalue weighted by Gasteiger charge is 2.00. The number of hydrogen-bond acceptors (Lipinski definition) is 4. The van der Waals surface area contributed by atoms with Gasteiger partial charge in [-0.25, -0.2) is 4.98 Å². The molecule has 1 aromatic heterocycles. The van der Waals surface area contributed by atoms with Crippen LogP contribution < -0.4 is 11.1 Å². The minimum absolute atomic E-state index is 0.701. The molecule has 4 nitrogen and oxygen atoms in total. The van der Waals surface area contributed by atoms with Crippen molar-refractivity contribution in [2.24, 2.45) is 0 Å². The van der Waals surface area contributed by atoms with Gasteiger partial charge in [-0.05, 0) is 31.6 Å². The largest absolute Gasteiger partial charge is 0.397 e. The Kier molecular flexibility index (Phi) is 5.64. The number of pyridine rings is 1. The van der Waals surface area contributed by atoms with Crippen LogP contribution in [-0.4, -0.2) is 36.1 Å². The number of nitrogens with one attached hydrogen (secondary N) is 1. The zero-order valence-corrected chi connectivity index (χ0v) is 10.2. The van der Waals surface area contributed by atoms with E-state index in [1.54, 1.807) is 6.20 Å². The standard InChI is InChI=1S/C12H22N4/c1-3-8-16(4-2)9-7-14-12-6-5-11(13)10-15-12/h5-6,10H,3-4,7-9,13H2,1-2H3,(H,14,15). The molecule has 0 atom stereocenters. The average molecular weight is 222 g/mol. The Morgan fingerprint density at radius 3 is 2.69 bits per heavy atom. The van der Waals surface area contributed by atoms with Crippen LogP contribution in [0.15, 0.2) is 18.3 Å². The Balaban J connectivity index is 2.26. The molecule has 0 aliphatic carbocycles. The number of nitrogens with zero attached hydrogens (tertiary/aromatic N) is 2. The predicted octanol–water partition coefficient (Wildman–Crippen LogP) is 1.81. The fourth-order valence-electron chi connectivity index (χ4n) is 1.60. The fourth-order valence-corrected chi connectivity index (χ4v) is 1.60. The molecule has 0 aromatic carbocycles. The van der Waals surface area contributed by atoms with Crippen molar-refractivity contribution in [3.8, 4) is 0 Å². The van der Waals surface area contributed by atoms with E-state index < -0.39 is 0 Å². The summed E-state index contributed by atoms with van der Waals surface area (Å²) in [5.41, 5.74) is 6.27. The van der Waals surface area contributed by atoms with Gasteiger partial charge in [-0.15, -0.1) is 0 Å². The van der Waals surface area contributed by atoms with E-state index >= 15 is 0 Å². The fraction of sp³-hybridized carbons (Fsp3) is 0.583. The van der Waals surface area contributed by atoms with Gasteiger partial charge in [0, 0.05) is 13.1 Å². The molecule has 1 rings (SSSR count). The van der Waals surface area contributed by atoms with Gasteiger partial charge >= 0.3 is 0 Å². The quantitative estimate of drug-likeness (QED) is 0.738. The molecule has 0 fully saturated rings. The Labute approximate surface area is 97.9 Å². The molecule has 0 saturated heterocycles. The minimum Gasteiger partial charge on any atom is -0.397 e. The molecule has 0 spiro atoms. The Bertz CT molecular complexity index is 284. The van der Waals surface area contributed by atoms with Crippen LogP contribution in [0.4, 0.5) is 11.5 Å². The van der Waals surface area contributed by atoms with Gasteiger partial charge in [0.1, 0.15) is 5.82 Å². The number of anilines is 2. The number of rotatable bonds is 7. The summed E-state index contributed by atoms with van der Waals surface area (Å²) < 4.78 is 0. The maximum atomic E-state index is 5.57. The summed E-state index contributed by atoms with van der Waals surface area (Å²) in [6, 6.07) is 3.77. The number of likely N-dealkylation sites (N-methyl/N-ethyl adjacent to an activating group) is 1. The second-order valence-corrected chi connectivity index (χ2v) is 3.84. The normalized spacial score (nSPS) is 10.7. The van der Waals surface area contributed by atoms with E-state index in [1.165, 1.54) is 6.42 Å². The zero-order valence-electron chi connectivity index (χ0n) is 10.2. The minimum atomic E-state index is 0.701. The molecule has 0 aliphatic rings. The topological polar surface area (TPSA) is 54.2 Å². The third kappa shape index (κ3) is 4.49. The summed E-state index contributed by atoms with van der Waals surface area (Å²) in [7, 11) is 0. The van der Waals surface area contributed by atoms with E-state index in [-0.39, 0.29) is 0 Å². The van der Waals surface area contributed by atoms with E-state index in [4.69, 9.17) is 5.73 Å². The molecule has 1 aromatic rings. The summed E-state index contributed by atoms with van der Waals surface area (Å²) in [5, 5.41) is 3.29. The summed E-state index contributed by atoms with van der Waals surface area (Å²) in [6.45, 7) is 8.63. The number of aromatic nitrogens is 1. The van der Waals surface area contributed by atoms with Crippen LogP contribution in [0.5, 0.6) is 0 Å². The van der Waals surface area contributed by atoms with Crippen LogP contribution in [0.1, 0.15) is 20.3 Å². The number of hydrogen-bond donors (Lipinski definition) is 2. The lowest BCUT2D eigenvalue weighted by molar-refractivity contribution is 0.300. The van der Waals surface area contributed by atoms with E-state index in [0.29, 0.717) is 5.69 Å². The van der Waals surface area contributed by atoms with Crippen molar-refractivity contribution < 1.29 is 0 Å². The summed E-state index contributed by atoms with van der Waals surface area (Å²) in [4.78, 5) is 6.61. The van der Waals surface area contributed by atoms with Gasteiger partial charge in [0.2, 0.25) is 0 Å². The highest BCUT2D eigenvalue weighted by molar-refractivity contribution is 5.43. The van der Waals surface area contributed by atoms with Gasteiger partial charge in [0.25, 0.3) is 0 Å². The van der Waals surface area contributed by atoms with E-state index in [1.807, 2.05) is 12.1 Å². The second kappa shape index (κ2) is 7.06. The van der Waals surface area contributed by atoms with Crippen molar-refractivity contribution in [1.29, 1.82) is 0 Å². The molecule has 0 bridgehead atoms. The Morgan fingerprint density at radius 1 is 1.31 bits per heavy atom. The van der Waals surface area contributed by atoms with Crippen molar-refractivity contribution in [3.05, 3.63) is 18.3 Å². The second-order valence-electron chi connectivity index (χ2n) is 3.84. The Morgan fingerprint density at radius 2 is 2.12 bits per heavy atom. The molecular weight excluding hydrogens is 200 g/mol. The molecule has 0 unspecified atom stereocenters. The third-order valence-corrected chi connectivity index (χ3v) is 2.51. The Hall–Kier alpha value is -1.29. The van der Waals surface area contributed by atoms with Crippen LogP contribution in [-0.2, 0) is 0 Å². The van der Waals surface area contributed by atoms with Gasteiger partial charge in [-0.2, -0.15) is 0 Å². The van der Waals surface area contributed by atoms with Crippen molar-refractivity contribution in [3.63, 3.8) is 0 Å². The molecule has 0 saturated carbocycles. The SMILES string of the molecule is CCCN(CC)CCNc1ccc(N)cn1. The van der Waals surface area contributed by atoms with Crippen molar-refractivity contribution >= 4 is 11.5 Å². The van der Waals surface area contributed by atoms with Crippen LogP contribution in [0.25, 0.3) is 0 Å². The van der Waals surface area contributed by atoms with E-state index in [2.05, 4.69) is 29.0 Å². The van der Waals surface area contributed by atoms with Gasteiger partial charge < -0.3 is 16.0 Å². The maximum Gasteiger partial charge on any atom is 0.126 e. The average Bonchev–Trinajstić information content (AvgIpc) is 2.30. The summed E-state index contributed by atoms with van der Waals surface area (Å²) >= 11 is 0. The first-order chi connectivity index (χ1) is 7.76. The lowest BCUT2D eigenvalue weighted by Crippen LogP contribution is -2.29. The van der Waals surface area contributed by atoms with Gasteiger partial charge in [-0.1, -0.05) is 13.8 Å². The first-order valence-electron chi connectivity index (χ1n) is 5.94. The molecule has 0 amide bonds. The maximum absolute atomic E-state index is 5.57. The van der Waals surface area contributed by atoms with Gasteiger partial charge in [0.05, 0.1) is 11.9 Å². The van der Waals surface area contributed by atoms with Crippen LogP contribution in [0.2, 0.25) is 0 Å². The summed E-state index contributed by atoms with van der Waals surface area (Å²) in [6.07, 6.45) is 2.87. The monoisotopic (exact) mass is 222 g/mol. The summed E-state index contributed by atoms with van der Waals surface area (Å²) in [5.74, 6) is 0.891. The van der Waals surface area contributed by atoms with Crippen molar-refractivity contribution in [2.45, 2.75) is 20.3 Å². The molecule has 90 valence electrons. The van der Waals surface area contributed by atoms with Crippen LogP contribution in [0.3, 0.4) is 0 Å². The first kappa shape index (κ1) is 12.8. The number of nitrogens with two attached hydrogens (primary N) is 1. The van der Waals surface area contributed by atoms with Crippen LogP contribution >= 0.6 is 0 Å². The predicted molar refractivity (Wildman–Crippen MR) is 69.5 cm³/mol. The molecule has 1 heterocycles. The van der Waals surface area contributed by atoms with Crippen LogP contribution in [0, 0.1) is 0 Å².